The van der Waals surface area contributed by atoms with E-state index in [1.807, 2.05) is 25.1 Å². The van der Waals surface area contributed by atoms with Crippen LogP contribution in [0.2, 0.25) is 0 Å². The van der Waals surface area contributed by atoms with E-state index >= 15 is 0 Å². The molecule has 2 aromatic carbocycles. The van der Waals surface area contributed by atoms with E-state index in [0.29, 0.717) is 12.8 Å². The molecule has 194 valence electrons. The molecule has 2 rings (SSSR count). The Bertz CT molecular complexity index is 834. The molecule has 0 aromatic heterocycles. The summed E-state index contributed by atoms with van der Waals surface area (Å²) in [6.45, 7) is 6.11. The lowest BCUT2D eigenvalue weighted by atomic mass is 10.0. The maximum absolute atomic E-state index is 12.5. The summed E-state index contributed by atoms with van der Waals surface area (Å²) in [5.41, 5.74) is 2.60. The molecule has 0 fully saturated rings. The van der Waals surface area contributed by atoms with Crippen molar-refractivity contribution in [3.63, 3.8) is 0 Å². The number of ether oxygens (including phenoxy) is 2. The van der Waals surface area contributed by atoms with Crippen LogP contribution in [-0.2, 0) is 22.5 Å². The van der Waals surface area contributed by atoms with Crippen LogP contribution < -0.4 is 4.74 Å². The van der Waals surface area contributed by atoms with Crippen LogP contribution in [0.3, 0.4) is 0 Å². The van der Waals surface area contributed by atoms with Crippen LogP contribution in [-0.4, -0.2) is 37.4 Å². The SMILES string of the molecule is CCCCCCCCCc1cccc(OC(CC)OC(=O)CCC[N+](C)(C)Cc2ccccc2)c1. The van der Waals surface area contributed by atoms with Crippen molar-refractivity contribution in [1.82, 2.24) is 0 Å². The minimum absolute atomic E-state index is 0.184. The molecule has 1 unspecified atom stereocenters. The zero-order valence-electron chi connectivity index (χ0n) is 22.6. The molecule has 4 heteroatoms. The Morgan fingerprint density at radius 1 is 0.829 bits per heavy atom. The van der Waals surface area contributed by atoms with E-state index in [9.17, 15) is 4.79 Å². The predicted octanol–water partition coefficient (Wildman–Crippen LogP) is 7.69. The lowest BCUT2D eigenvalue weighted by Gasteiger charge is -2.30. The summed E-state index contributed by atoms with van der Waals surface area (Å²) < 4.78 is 12.5. The molecule has 0 spiro atoms. The standard InChI is InChI=1S/C31H48NO3/c1-5-7-8-9-10-11-13-18-27-21-16-22-29(25-27)34-31(6-2)35-30(33)23-17-24-32(3,4)26-28-19-14-12-15-20-28/h12,14-16,19-22,25,31H,5-11,13,17-18,23-24,26H2,1-4H3/q+1. The second kappa shape index (κ2) is 16.4. The normalized spacial score (nSPS) is 12.3. The Morgan fingerprint density at radius 2 is 1.51 bits per heavy atom. The van der Waals surface area contributed by atoms with Gasteiger partial charge in [0, 0.05) is 18.4 Å². The molecular weight excluding hydrogens is 434 g/mol. The van der Waals surface area contributed by atoms with Crippen LogP contribution >= 0.6 is 0 Å². The van der Waals surface area contributed by atoms with Gasteiger partial charge in [-0.3, -0.25) is 4.79 Å². The Balaban J connectivity index is 1.70. The highest BCUT2D eigenvalue weighted by Crippen LogP contribution is 2.19. The molecule has 4 nitrogen and oxygen atoms in total. The summed E-state index contributed by atoms with van der Waals surface area (Å²) in [6.07, 6.45) is 11.5. The molecule has 0 aliphatic carbocycles. The average Bonchev–Trinajstić information content (AvgIpc) is 2.83. The number of esters is 1. The maximum atomic E-state index is 12.5. The molecule has 0 saturated carbocycles. The second-order valence-corrected chi connectivity index (χ2v) is 10.4. The van der Waals surface area contributed by atoms with Crippen molar-refractivity contribution in [1.29, 1.82) is 0 Å². The van der Waals surface area contributed by atoms with Crippen molar-refractivity contribution in [2.24, 2.45) is 0 Å². The zero-order valence-corrected chi connectivity index (χ0v) is 22.6. The molecule has 0 radical (unpaired) electrons. The molecule has 0 amide bonds. The van der Waals surface area contributed by atoms with Crippen molar-refractivity contribution in [2.45, 2.75) is 97.3 Å². The highest BCUT2D eigenvalue weighted by atomic mass is 16.7. The van der Waals surface area contributed by atoms with E-state index in [1.165, 1.54) is 56.1 Å². The summed E-state index contributed by atoms with van der Waals surface area (Å²) in [5.74, 6) is 0.599. The quantitative estimate of drug-likeness (QED) is 0.0945. The molecule has 0 bridgehead atoms. The van der Waals surface area contributed by atoms with E-state index < -0.39 is 6.29 Å². The summed E-state index contributed by atoms with van der Waals surface area (Å²) in [7, 11) is 4.41. The number of quaternary nitrogens is 1. The van der Waals surface area contributed by atoms with Gasteiger partial charge in [0.2, 0.25) is 6.29 Å². The number of benzene rings is 2. The van der Waals surface area contributed by atoms with E-state index in [2.05, 4.69) is 57.4 Å². The van der Waals surface area contributed by atoms with Gasteiger partial charge in [0.1, 0.15) is 12.3 Å². The van der Waals surface area contributed by atoms with Crippen molar-refractivity contribution in [2.75, 3.05) is 20.6 Å². The van der Waals surface area contributed by atoms with Gasteiger partial charge in [0.05, 0.1) is 27.1 Å². The van der Waals surface area contributed by atoms with Gasteiger partial charge in [-0.05, 0) is 30.5 Å². The van der Waals surface area contributed by atoms with Gasteiger partial charge in [-0.1, -0.05) is 94.8 Å². The van der Waals surface area contributed by atoms with Crippen LogP contribution in [0.5, 0.6) is 5.75 Å². The Hall–Kier alpha value is -2.33. The lowest BCUT2D eigenvalue weighted by molar-refractivity contribution is -0.903. The van der Waals surface area contributed by atoms with Crippen LogP contribution in [0.25, 0.3) is 0 Å². The summed E-state index contributed by atoms with van der Waals surface area (Å²) in [4.78, 5) is 12.5. The van der Waals surface area contributed by atoms with Crippen molar-refractivity contribution in [3.05, 3.63) is 65.7 Å². The molecule has 0 heterocycles. The first-order valence-corrected chi connectivity index (χ1v) is 13.7. The topological polar surface area (TPSA) is 35.5 Å². The minimum Gasteiger partial charge on any atom is -0.455 e. The third-order valence-corrected chi connectivity index (χ3v) is 6.43. The van der Waals surface area contributed by atoms with Crippen molar-refractivity contribution in [3.8, 4) is 5.75 Å². The van der Waals surface area contributed by atoms with E-state index in [1.54, 1.807) is 0 Å². The number of aryl methyl sites for hydroxylation is 1. The highest BCUT2D eigenvalue weighted by molar-refractivity contribution is 5.69. The number of hydrogen-bond donors (Lipinski definition) is 0. The number of hydrogen-bond acceptors (Lipinski definition) is 3. The first-order valence-electron chi connectivity index (χ1n) is 13.7. The van der Waals surface area contributed by atoms with Crippen molar-refractivity contribution >= 4 is 5.97 Å². The number of carbonyl (C=O) groups excluding carboxylic acids is 1. The first kappa shape index (κ1) is 28.9. The highest BCUT2D eigenvalue weighted by Gasteiger charge is 2.19. The van der Waals surface area contributed by atoms with Crippen LogP contribution in [0.15, 0.2) is 54.6 Å². The van der Waals surface area contributed by atoms with Crippen LogP contribution in [0.4, 0.5) is 0 Å². The Morgan fingerprint density at radius 3 is 2.23 bits per heavy atom. The maximum Gasteiger partial charge on any atom is 0.309 e. The third-order valence-electron chi connectivity index (χ3n) is 6.43. The zero-order chi connectivity index (χ0) is 25.4. The molecule has 35 heavy (non-hydrogen) atoms. The van der Waals surface area contributed by atoms with Gasteiger partial charge in [-0.15, -0.1) is 0 Å². The largest absolute Gasteiger partial charge is 0.455 e. The number of rotatable bonds is 18. The summed E-state index contributed by atoms with van der Waals surface area (Å²) >= 11 is 0. The van der Waals surface area contributed by atoms with Crippen LogP contribution in [0.1, 0.15) is 89.2 Å². The fourth-order valence-corrected chi connectivity index (χ4v) is 4.42. The van der Waals surface area contributed by atoms with Crippen LogP contribution in [0, 0.1) is 0 Å². The van der Waals surface area contributed by atoms with E-state index in [-0.39, 0.29) is 5.97 Å². The predicted molar refractivity (Wildman–Crippen MR) is 145 cm³/mol. The second-order valence-electron chi connectivity index (χ2n) is 10.4. The van der Waals surface area contributed by atoms with Gasteiger partial charge >= 0.3 is 5.97 Å². The van der Waals surface area contributed by atoms with E-state index in [0.717, 1.165) is 36.2 Å². The number of unbranched alkanes of at least 4 members (excludes halogenated alkanes) is 6. The Labute approximate surface area is 214 Å². The fourth-order valence-electron chi connectivity index (χ4n) is 4.42. The van der Waals surface area contributed by atoms with Gasteiger partial charge < -0.3 is 14.0 Å². The number of carbonyl (C=O) groups is 1. The first-order chi connectivity index (χ1) is 16.9. The third kappa shape index (κ3) is 12.8. The van der Waals surface area contributed by atoms with Gasteiger partial charge in [0.25, 0.3) is 0 Å². The minimum atomic E-state index is -0.539. The molecule has 0 saturated heterocycles. The van der Waals surface area contributed by atoms with Gasteiger partial charge in [0.15, 0.2) is 0 Å². The molecule has 0 N–H and O–H groups in total. The summed E-state index contributed by atoms with van der Waals surface area (Å²) in [5, 5.41) is 0. The van der Waals surface area contributed by atoms with Crippen molar-refractivity contribution < 1.29 is 18.8 Å². The lowest BCUT2D eigenvalue weighted by Crippen LogP contribution is -2.39. The van der Waals surface area contributed by atoms with E-state index in [4.69, 9.17) is 9.47 Å². The molecule has 0 aliphatic rings. The molecule has 2 aromatic rings. The molecule has 1 atom stereocenters. The average molecular weight is 483 g/mol. The molecular formula is C31H48NO3+. The van der Waals surface area contributed by atoms with Gasteiger partial charge in [-0.2, -0.15) is 0 Å². The van der Waals surface area contributed by atoms with Gasteiger partial charge in [-0.25, -0.2) is 0 Å². The molecule has 0 aliphatic heterocycles. The number of nitrogens with zero attached hydrogens (tertiary/aromatic N) is 1. The fraction of sp³-hybridized carbons (Fsp3) is 0.581. The smallest absolute Gasteiger partial charge is 0.309 e. The monoisotopic (exact) mass is 482 g/mol. The Kier molecular flexibility index (Phi) is 13.5. The summed E-state index contributed by atoms with van der Waals surface area (Å²) in [6, 6.07) is 18.7.